The quantitative estimate of drug-likeness (QED) is 0.739. The van der Waals surface area contributed by atoms with E-state index in [4.69, 9.17) is 0 Å². The van der Waals surface area contributed by atoms with Crippen LogP contribution in [0.15, 0.2) is 29.2 Å². The molecule has 1 rings (SSSR count). The number of hydrogen-bond acceptors (Lipinski definition) is 5. The Morgan fingerprint density at radius 1 is 1.12 bits per heavy atom. The molecular formula is C9H13NO5S2. The van der Waals surface area contributed by atoms with Gasteiger partial charge in [0.05, 0.1) is 11.2 Å². The van der Waals surface area contributed by atoms with Crippen LogP contribution in [0.4, 0.5) is 0 Å². The van der Waals surface area contributed by atoms with Crippen LogP contribution in [0, 0.1) is 0 Å². The minimum atomic E-state index is -3.67. The lowest BCUT2D eigenvalue weighted by Crippen LogP contribution is -2.22. The highest BCUT2D eigenvalue weighted by atomic mass is 32.2. The van der Waals surface area contributed by atoms with Crippen molar-refractivity contribution in [3.05, 3.63) is 24.3 Å². The van der Waals surface area contributed by atoms with Gasteiger partial charge in [-0.25, -0.2) is 12.7 Å². The Bertz CT molecular complexity index is 604. The van der Waals surface area contributed by atoms with E-state index in [1.807, 2.05) is 0 Å². The summed E-state index contributed by atoms with van der Waals surface area (Å²) < 4.78 is 51.0. The van der Waals surface area contributed by atoms with Crippen molar-refractivity contribution in [1.82, 2.24) is 4.31 Å². The molecule has 1 aromatic rings. The first-order valence-corrected chi connectivity index (χ1v) is 7.80. The first-order chi connectivity index (χ1) is 7.63. The molecular weight excluding hydrogens is 266 g/mol. The van der Waals surface area contributed by atoms with Gasteiger partial charge in [0.2, 0.25) is 10.0 Å². The first-order valence-electron chi connectivity index (χ1n) is 4.55. The van der Waals surface area contributed by atoms with Gasteiger partial charge in [0, 0.05) is 20.2 Å². The summed E-state index contributed by atoms with van der Waals surface area (Å²) in [5.74, 6) is -0.0320. The predicted octanol–water partition coefficient (Wildman–Crippen LogP) is 0.275. The van der Waals surface area contributed by atoms with Gasteiger partial charge in [-0.2, -0.15) is 8.42 Å². The van der Waals surface area contributed by atoms with E-state index in [-0.39, 0.29) is 10.6 Å². The van der Waals surface area contributed by atoms with Gasteiger partial charge in [0.1, 0.15) is 5.75 Å². The molecule has 8 heteroatoms. The van der Waals surface area contributed by atoms with Gasteiger partial charge >= 0.3 is 10.1 Å². The maximum absolute atomic E-state index is 11.8. The summed E-state index contributed by atoms with van der Waals surface area (Å²) in [5.41, 5.74) is 0. The number of benzene rings is 1. The first kappa shape index (κ1) is 13.9. The zero-order chi connectivity index (χ0) is 13.3. The van der Waals surface area contributed by atoms with Crippen LogP contribution >= 0.6 is 0 Å². The van der Waals surface area contributed by atoms with Crippen molar-refractivity contribution >= 4 is 20.1 Å². The monoisotopic (exact) mass is 279 g/mol. The Balaban J connectivity index is 3.20. The number of nitrogens with zero attached hydrogens (tertiary/aromatic N) is 1. The van der Waals surface area contributed by atoms with Crippen molar-refractivity contribution in [1.29, 1.82) is 0 Å². The smallest absolute Gasteiger partial charge is 0.306 e. The van der Waals surface area contributed by atoms with E-state index < -0.39 is 20.1 Å². The third kappa shape index (κ3) is 3.69. The van der Waals surface area contributed by atoms with Crippen LogP contribution in [0.1, 0.15) is 0 Å². The van der Waals surface area contributed by atoms with Crippen molar-refractivity contribution in [3.63, 3.8) is 0 Å². The van der Waals surface area contributed by atoms with Gasteiger partial charge in [0.15, 0.2) is 0 Å². The van der Waals surface area contributed by atoms with Gasteiger partial charge in [-0.3, -0.25) is 0 Å². The highest BCUT2D eigenvalue weighted by Crippen LogP contribution is 2.20. The molecule has 0 radical (unpaired) electrons. The van der Waals surface area contributed by atoms with Gasteiger partial charge < -0.3 is 4.18 Å². The summed E-state index contributed by atoms with van der Waals surface area (Å²) in [6.07, 6.45) is 0.889. The highest BCUT2D eigenvalue weighted by Gasteiger charge is 2.18. The molecule has 0 N–H and O–H groups in total. The SMILES string of the molecule is CN(C)S(=O)(=O)c1cccc(OS(C)(=O)=O)c1. The average molecular weight is 279 g/mol. The predicted molar refractivity (Wildman–Crippen MR) is 62.8 cm³/mol. The van der Waals surface area contributed by atoms with Crippen molar-refractivity contribution in [2.75, 3.05) is 20.4 Å². The molecule has 0 unspecified atom stereocenters. The second-order valence-corrected chi connectivity index (χ2v) is 7.28. The lowest BCUT2D eigenvalue weighted by Gasteiger charge is -2.12. The maximum atomic E-state index is 11.8. The van der Waals surface area contributed by atoms with Gasteiger partial charge in [-0.1, -0.05) is 6.07 Å². The van der Waals surface area contributed by atoms with E-state index in [0.29, 0.717) is 0 Å². The van der Waals surface area contributed by atoms with Crippen molar-refractivity contribution in [3.8, 4) is 5.75 Å². The summed E-state index contributed by atoms with van der Waals surface area (Å²) in [5, 5.41) is 0. The normalized spacial score (nSPS) is 12.7. The number of sulfonamides is 1. The Morgan fingerprint density at radius 2 is 1.71 bits per heavy atom. The average Bonchev–Trinajstić information content (AvgIpc) is 2.15. The summed E-state index contributed by atoms with van der Waals surface area (Å²) in [4.78, 5) is -0.0244. The van der Waals surface area contributed by atoms with Crippen LogP contribution in [-0.4, -0.2) is 41.5 Å². The zero-order valence-electron chi connectivity index (χ0n) is 9.61. The topological polar surface area (TPSA) is 80.8 Å². The van der Waals surface area contributed by atoms with Crippen LogP contribution in [0.5, 0.6) is 5.75 Å². The molecule has 17 heavy (non-hydrogen) atoms. The Labute approximate surface area is 101 Å². The maximum Gasteiger partial charge on any atom is 0.306 e. The largest absolute Gasteiger partial charge is 0.383 e. The fraction of sp³-hybridized carbons (Fsp3) is 0.333. The summed E-state index contributed by atoms with van der Waals surface area (Å²) in [6.45, 7) is 0. The van der Waals surface area contributed by atoms with Crippen LogP contribution in [-0.2, 0) is 20.1 Å². The summed E-state index contributed by atoms with van der Waals surface area (Å²) in [6, 6.07) is 5.31. The van der Waals surface area contributed by atoms with Crippen LogP contribution < -0.4 is 4.18 Å². The summed E-state index contributed by atoms with van der Waals surface area (Å²) >= 11 is 0. The van der Waals surface area contributed by atoms with Gasteiger partial charge in [-0.05, 0) is 12.1 Å². The fourth-order valence-electron chi connectivity index (χ4n) is 1.07. The molecule has 0 aromatic heterocycles. The minimum Gasteiger partial charge on any atom is -0.383 e. The lowest BCUT2D eigenvalue weighted by molar-refractivity contribution is 0.490. The van der Waals surface area contributed by atoms with Crippen molar-refractivity contribution in [2.45, 2.75) is 4.90 Å². The lowest BCUT2D eigenvalue weighted by atomic mass is 10.3. The molecule has 6 nitrogen and oxygen atoms in total. The molecule has 0 saturated heterocycles. The van der Waals surface area contributed by atoms with Crippen molar-refractivity contribution < 1.29 is 21.0 Å². The molecule has 1 aromatic carbocycles. The van der Waals surface area contributed by atoms with Crippen LogP contribution in [0.3, 0.4) is 0 Å². The molecule has 0 spiro atoms. The Hall–Kier alpha value is -1.12. The highest BCUT2D eigenvalue weighted by molar-refractivity contribution is 7.89. The molecule has 96 valence electrons. The Morgan fingerprint density at radius 3 is 2.18 bits per heavy atom. The van der Waals surface area contributed by atoms with E-state index in [2.05, 4.69) is 4.18 Å². The van der Waals surface area contributed by atoms with Crippen LogP contribution in [0.25, 0.3) is 0 Å². The second-order valence-electron chi connectivity index (χ2n) is 3.55. The molecule has 0 saturated carbocycles. The molecule has 0 amide bonds. The minimum absolute atomic E-state index is 0.0244. The van der Waals surface area contributed by atoms with E-state index in [1.165, 1.54) is 32.3 Å². The van der Waals surface area contributed by atoms with E-state index >= 15 is 0 Å². The fourth-order valence-corrected chi connectivity index (χ4v) is 2.46. The van der Waals surface area contributed by atoms with Crippen molar-refractivity contribution in [2.24, 2.45) is 0 Å². The standard InChI is InChI=1S/C9H13NO5S2/c1-10(2)17(13,14)9-6-4-5-8(7-9)15-16(3,11)12/h4-7H,1-3H3. The van der Waals surface area contributed by atoms with E-state index in [9.17, 15) is 16.8 Å². The third-order valence-corrected chi connectivity index (χ3v) is 4.14. The second kappa shape index (κ2) is 4.63. The van der Waals surface area contributed by atoms with Crippen LogP contribution in [0.2, 0.25) is 0 Å². The zero-order valence-corrected chi connectivity index (χ0v) is 11.2. The van der Waals surface area contributed by atoms with E-state index in [0.717, 1.165) is 16.6 Å². The third-order valence-electron chi connectivity index (χ3n) is 1.83. The molecule has 0 aliphatic rings. The molecule has 0 aliphatic carbocycles. The number of rotatable bonds is 4. The van der Waals surface area contributed by atoms with E-state index in [1.54, 1.807) is 0 Å². The molecule has 0 atom stereocenters. The molecule has 0 aliphatic heterocycles. The van der Waals surface area contributed by atoms with Gasteiger partial charge in [0.25, 0.3) is 0 Å². The number of hydrogen-bond donors (Lipinski definition) is 0. The molecule has 0 heterocycles. The van der Waals surface area contributed by atoms with Gasteiger partial charge in [-0.15, -0.1) is 0 Å². The molecule has 0 bridgehead atoms. The summed E-state index contributed by atoms with van der Waals surface area (Å²) in [7, 11) is -4.49. The molecule has 0 fully saturated rings. The Kier molecular flexibility index (Phi) is 3.80.